The number of nitrogens with zero attached hydrogens (tertiary/aromatic N) is 1. The number of aryl methyl sites for hydroxylation is 1. The van der Waals surface area contributed by atoms with Crippen LogP contribution in [0.25, 0.3) is 0 Å². The molecule has 2 rings (SSSR count). The van der Waals surface area contributed by atoms with Gasteiger partial charge < -0.3 is 4.74 Å². The second-order valence-corrected chi connectivity index (χ2v) is 5.04. The highest BCUT2D eigenvalue weighted by Gasteiger charge is 2.03. The lowest BCUT2D eigenvalue weighted by atomic mass is 10.3. The lowest BCUT2D eigenvalue weighted by molar-refractivity contribution is 0.304. The van der Waals surface area contributed by atoms with E-state index in [2.05, 4.69) is 20.9 Å². The van der Waals surface area contributed by atoms with E-state index in [0.717, 1.165) is 10.7 Å². The van der Waals surface area contributed by atoms with Crippen molar-refractivity contribution in [2.75, 3.05) is 0 Å². The van der Waals surface area contributed by atoms with Crippen LogP contribution in [-0.4, -0.2) is 4.98 Å². The smallest absolute Gasteiger partial charge is 0.140 e. The fourth-order valence-corrected chi connectivity index (χ4v) is 2.22. The molecular weight excluding hydrogens is 293 g/mol. The Labute approximate surface area is 105 Å². The summed E-state index contributed by atoms with van der Waals surface area (Å²) in [7, 11) is 0. The summed E-state index contributed by atoms with van der Waals surface area (Å²) in [5, 5.41) is 2.89. The lowest BCUT2D eigenvalue weighted by Gasteiger charge is -2.04. The summed E-state index contributed by atoms with van der Waals surface area (Å²) < 4.78 is 18.8. The van der Waals surface area contributed by atoms with Crippen LogP contribution in [0.1, 0.15) is 10.7 Å². The van der Waals surface area contributed by atoms with E-state index >= 15 is 0 Å². The monoisotopic (exact) mass is 301 g/mol. The van der Waals surface area contributed by atoms with Gasteiger partial charge in [-0.25, -0.2) is 9.37 Å². The first-order valence-electron chi connectivity index (χ1n) is 4.64. The van der Waals surface area contributed by atoms with Crippen molar-refractivity contribution in [2.45, 2.75) is 13.5 Å². The zero-order chi connectivity index (χ0) is 11.5. The number of benzene rings is 1. The number of rotatable bonds is 3. The highest BCUT2D eigenvalue weighted by Crippen LogP contribution is 2.22. The number of ether oxygens (including phenoxy) is 1. The van der Waals surface area contributed by atoms with E-state index in [1.54, 1.807) is 23.5 Å². The molecule has 0 aliphatic carbocycles. The van der Waals surface area contributed by atoms with Crippen molar-refractivity contribution >= 4 is 27.3 Å². The number of halogens is 2. The summed E-state index contributed by atoms with van der Waals surface area (Å²) in [5.74, 6) is 0.332. The number of hydrogen-bond donors (Lipinski definition) is 0. The molecule has 0 aliphatic heterocycles. The largest absolute Gasteiger partial charge is 0.486 e. The Bertz CT molecular complexity index is 500. The molecule has 0 saturated carbocycles. The van der Waals surface area contributed by atoms with Crippen LogP contribution >= 0.6 is 27.3 Å². The van der Waals surface area contributed by atoms with Crippen molar-refractivity contribution in [2.24, 2.45) is 0 Å². The molecule has 5 heteroatoms. The van der Waals surface area contributed by atoms with E-state index < -0.39 is 0 Å². The molecule has 84 valence electrons. The molecule has 0 fully saturated rings. The van der Waals surface area contributed by atoms with E-state index in [1.807, 2.05) is 12.3 Å². The molecule has 16 heavy (non-hydrogen) atoms. The van der Waals surface area contributed by atoms with Gasteiger partial charge in [-0.1, -0.05) is 0 Å². The molecule has 1 aromatic carbocycles. The molecule has 0 atom stereocenters. The minimum Gasteiger partial charge on any atom is -0.486 e. The highest BCUT2D eigenvalue weighted by atomic mass is 79.9. The Morgan fingerprint density at radius 2 is 2.31 bits per heavy atom. The van der Waals surface area contributed by atoms with Crippen molar-refractivity contribution in [3.63, 3.8) is 0 Å². The minimum atomic E-state index is -0.294. The van der Waals surface area contributed by atoms with Gasteiger partial charge in [0.1, 0.15) is 23.2 Å². The van der Waals surface area contributed by atoms with E-state index in [0.29, 0.717) is 16.8 Å². The van der Waals surface area contributed by atoms with Crippen molar-refractivity contribution < 1.29 is 9.13 Å². The van der Waals surface area contributed by atoms with Crippen molar-refractivity contribution in [3.05, 3.63) is 44.6 Å². The standard InChI is InChI=1S/C11H9BrFNOS/c1-7-6-16-11(14-7)5-15-8-2-3-10(13)9(12)4-8/h2-4,6H,5H2,1H3. The van der Waals surface area contributed by atoms with Gasteiger partial charge in [-0.3, -0.25) is 0 Å². The summed E-state index contributed by atoms with van der Waals surface area (Å²) in [6.07, 6.45) is 0. The zero-order valence-electron chi connectivity index (χ0n) is 8.54. The molecule has 0 bridgehead atoms. The van der Waals surface area contributed by atoms with Gasteiger partial charge in [-0.05, 0) is 41.1 Å². The van der Waals surface area contributed by atoms with Gasteiger partial charge in [0.15, 0.2) is 0 Å². The van der Waals surface area contributed by atoms with Gasteiger partial charge in [0.05, 0.1) is 4.47 Å². The van der Waals surface area contributed by atoms with Crippen LogP contribution in [0, 0.1) is 12.7 Å². The molecule has 0 radical (unpaired) electrons. The molecule has 1 heterocycles. The normalized spacial score (nSPS) is 10.4. The summed E-state index contributed by atoms with van der Waals surface area (Å²) in [5.41, 5.74) is 0.990. The zero-order valence-corrected chi connectivity index (χ0v) is 10.9. The molecule has 0 saturated heterocycles. The van der Waals surface area contributed by atoms with Gasteiger partial charge in [0.2, 0.25) is 0 Å². The van der Waals surface area contributed by atoms with Gasteiger partial charge in [0, 0.05) is 11.1 Å². The SMILES string of the molecule is Cc1csc(COc2ccc(F)c(Br)c2)n1. The third-order valence-corrected chi connectivity index (χ3v) is 3.47. The molecule has 0 unspecified atom stereocenters. The quantitative estimate of drug-likeness (QED) is 0.857. The first-order valence-corrected chi connectivity index (χ1v) is 6.31. The maximum Gasteiger partial charge on any atom is 0.140 e. The van der Waals surface area contributed by atoms with Crippen molar-refractivity contribution in [1.82, 2.24) is 4.98 Å². The highest BCUT2D eigenvalue weighted by molar-refractivity contribution is 9.10. The third kappa shape index (κ3) is 2.80. The number of hydrogen-bond acceptors (Lipinski definition) is 3. The van der Waals surface area contributed by atoms with Crippen LogP contribution in [-0.2, 0) is 6.61 Å². The first-order chi connectivity index (χ1) is 7.65. The minimum absolute atomic E-state index is 0.294. The Morgan fingerprint density at radius 3 is 2.94 bits per heavy atom. The average Bonchev–Trinajstić information content (AvgIpc) is 2.66. The van der Waals surface area contributed by atoms with Gasteiger partial charge in [0.25, 0.3) is 0 Å². The maximum atomic E-state index is 13.0. The molecule has 0 aliphatic rings. The first kappa shape index (κ1) is 11.5. The predicted molar refractivity (Wildman–Crippen MR) is 65.3 cm³/mol. The van der Waals surface area contributed by atoms with Crippen LogP contribution in [0.4, 0.5) is 4.39 Å². The van der Waals surface area contributed by atoms with Crippen molar-refractivity contribution in [3.8, 4) is 5.75 Å². The second-order valence-electron chi connectivity index (χ2n) is 3.25. The molecule has 1 aromatic heterocycles. The van der Waals surface area contributed by atoms with Crippen LogP contribution in [0.5, 0.6) is 5.75 Å². The van der Waals surface area contributed by atoms with Crippen molar-refractivity contribution in [1.29, 1.82) is 0 Å². The molecule has 0 N–H and O–H groups in total. The van der Waals surface area contributed by atoms with Crippen LogP contribution in [0.3, 0.4) is 0 Å². The summed E-state index contributed by atoms with van der Waals surface area (Å²) in [6.45, 7) is 2.35. The summed E-state index contributed by atoms with van der Waals surface area (Å²) in [6, 6.07) is 4.57. The molecule has 0 amide bonds. The molecular formula is C11H9BrFNOS. The predicted octanol–water partition coefficient (Wildman–Crippen LogP) is 3.93. The van der Waals surface area contributed by atoms with Crippen LogP contribution < -0.4 is 4.74 Å². The van der Waals surface area contributed by atoms with E-state index in [-0.39, 0.29) is 5.82 Å². The summed E-state index contributed by atoms with van der Waals surface area (Å²) >= 11 is 4.66. The van der Waals surface area contributed by atoms with E-state index in [1.165, 1.54) is 6.07 Å². The van der Waals surface area contributed by atoms with E-state index in [9.17, 15) is 4.39 Å². The van der Waals surface area contributed by atoms with Gasteiger partial charge >= 0.3 is 0 Å². The fourth-order valence-electron chi connectivity index (χ4n) is 1.18. The molecule has 0 spiro atoms. The lowest BCUT2D eigenvalue weighted by Crippen LogP contribution is -1.95. The number of thiazole rings is 1. The van der Waals surface area contributed by atoms with Gasteiger partial charge in [-0.2, -0.15) is 0 Å². The Kier molecular flexibility index (Phi) is 3.56. The Morgan fingerprint density at radius 1 is 1.50 bits per heavy atom. The van der Waals surface area contributed by atoms with Gasteiger partial charge in [-0.15, -0.1) is 11.3 Å². The fraction of sp³-hybridized carbons (Fsp3) is 0.182. The third-order valence-electron chi connectivity index (χ3n) is 1.92. The molecule has 2 aromatic rings. The Balaban J connectivity index is 2.02. The second kappa shape index (κ2) is 4.93. The Hall–Kier alpha value is -0.940. The average molecular weight is 302 g/mol. The van der Waals surface area contributed by atoms with Crippen LogP contribution in [0.15, 0.2) is 28.1 Å². The maximum absolute atomic E-state index is 13.0. The molecule has 2 nitrogen and oxygen atoms in total. The van der Waals surface area contributed by atoms with Crippen LogP contribution in [0.2, 0.25) is 0 Å². The summed E-state index contributed by atoms with van der Waals surface area (Å²) in [4.78, 5) is 4.27. The van der Waals surface area contributed by atoms with E-state index in [4.69, 9.17) is 4.74 Å². The number of aromatic nitrogens is 1. The topological polar surface area (TPSA) is 22.1 Å².